The van der Waals surface area contributed by atoms with Crippen LogP contribution in [0.4, 0.5) is 0 Å². The third kappa shape index (κ3) is 4.99. The lowest BCUT2D eigenvalue weighted by Gasteiger charge is -2.25. The monoisotopic (exact) mass is 390 g/mol. The summed E-state index contributed by atoms with van der Waals surface area (Å²) in [6.45, 7) is 9.43. The van der Waals surface area contributed by atoms with Crippen LogP contribution in [0.3, 0.4) is 0 Å². The second-order valence-electron chi connectivity index (χ2n) is 6.55. The molecule has 146 valence electrons. The molecule has 0 N–H and O–H groups in total. The third-order valence-corrected chi connectivity index (χ3v) is 5.05. The highest BCUT2D eigenvalue weighted by atomic mass is 35.5. The number of halogens is 1. The molecule has 0 aliphatic heterocycles. The predicted molar refractivity (Wildman–Crippen MR) is 107 cm³/mol. The zero-order valence-corrected chi connectivity index (χ0v) is 17.3. The number of esters is 1. The van der Waals surface area contributed by atoms with Crippen molar-refractivity contribution in [1.29, 1.82) is 0 Å². The van der Waals surface area contributed by atoms with Crippen molar-refractivity contribution < 1.29 is 14.3 Å². The number of carbonyl (C=O) groups is 2. The Kier molecular flexibility index (Phi) is 7.22. The standard InChI is InChI=1S/C21H27ClN2O3/c1-6-24(7-2)15(4)27-19(25)13-18-12-14(3)20(23(18)5)21(26)16-8-10-17(22)11-9-16/h8-12,15H,6-7,13H2,1-5H3. The summed E-state index contributed by atoms with van der Waals surface area (Å²) in [7, 11) is 1.80. The zero-order chi connectivity index (χ0) is 20.1. The molecular formula is C21H27ClN2O3. The Morgan fingerprint density at radius 3 is 2.33 bits per heavy atom. The van der Waals surface area contributed by atoms with E-state index < -0.39 is 0 Å². The van der Waals surface area contributed by atoms with Crippen molar-refractivity contribution in [2.24, 2.45) is 7.05 Å². The van der Waals surface area contributed by atoms with Crippen molar-refractivity contribution in [2.75, 3.05) is 13.1 Å². The second-order valence-corrected chi connectivity index (χ2v) is 6.99. The maximum absolute atomic E-state index is 12.9. The van der Waals surface area contributed by atoms with Crippen LogP contribution in [-0.4, -0.2) is 40.5 Å². The number of carbonyl (C=O) groups excluding carboxylic acids is 2. The molecule has 2 rings (SSSR count). The third-order valence-electron chi connectivity index (χ3n) is 4.80. The van der Waals surface area contributed by atoms with Gasteiger partial charge in [0.05, 0.1) is 12.1 Å². The first-order chi connectivity index (χ1) is 12.8. The normalized spacial score (nSPS) is 12.3. The maximum Gasteiger partial charge on any atom is 0.313 e. The average Bonchev–Trinajstić information content (AvgIpc) is 2.89. The number of ketones is 1. The molecule has 0 spiro atoms. The summed E-state index contributed by atoms with van der Waals surface area (Å²) in [6.07, 6.45) is -0.152. The fraction of sp³-hybridized carbons (Fsp3) is 0.429. The van der Waals surface area contributed by atoms with E-state index >= 15 is 0 Å². The van der Waals surface area contributed by atoms with Crippen LogP contribution in [0.2, 0.25) is 5.02 Å². The first-order valence-corrected chi connectivity index (χ1v) is 9.55. The van der Waals surface area contributed by atoms with Crippen molar-refractivity contribution in [3.63, 3.8) is 0 Å². The number of aryl methyl sites for hydroxylation is 1. The number of rotatable bonds is 8. The van der Waals surface area contributed by atoms with E-state index in [1.54, 1.807) is 35.9 Å². The fourth-order valence-corrected chi connectivity index (χ4v) is 3.38. The van der Waals surface area contributed by atoms with Crippen molar-refractivity contribution in [3.8, 4) is 0 Å². The highest BCUT2D eigenvalue weighted by molar-refractivity contribution is 6.30. The van der Waals surface area contributed by atoms with Crippen molar-refractivity contribution >= 4 is 23.4 Å². The van der Waals surface area contributed by atoms with E-state index in [0.717, 1.165) is 24.3 Å². The second kappa shape index (κ2) is 9.20. The molecule has 0 saturated heterocycles. The van der Waals surface area contributed by atoms with Gasteiger partial charge in [0, 0.05) is 23.3 Å². The molecule has 1 aromatic carbocycles. The minimum Gasteiger partial charge on any atom is -0.446 e. The van der Waals surface area contributed by atoms with Gasteiger partial charge in [-0.3, -0.25) is 14.5 Å². The molecule has 1 atom stereocenters. The Hall–Kier alpha value is -2.11. The molecule has 2 aromatic rings. The minimum absolute atomic E-state index is 0.0946. The summed E-state index contributed by atoms with van der Waals surface area (Å²) in [6, 6.07) is 8.67. The quantitative estimate of drug-likeness (QED) is 0.388. The molecular weight excluding hydrogens is 364 g/mol. The van der Waals surface area contributed by atoms with Crippen molar-refractivity contribution in [2.45, 2.75) is 40.3 Å². The van der Waals surface area contributed by atoms with Gasteiger partial charge in [0.15, 0.2) is 6.23 Å². The molecule has 0 radical (unpaired) electrons. The molecule has 1 aromatic heterocycles. The largest absolute Gasteiger partial charge is 0.446 e. The van der Waals surface area contributed by atoms with E-state index in [2.05, 4.69) is 4.90 Å². The van der Waals surface area contributed by atoms with Crippen molar-refractivity contribution in [3.05, 3.63) is 57.9 Å². The first kappa shape index (κ1) is 21.2. The Morgan fingerprint density at radius 1 is 1.19 bits per heavy atom. The van der Waals surface area contributed by atoms with Crippen LogP contribution in [-0.2, 0) is 23.0 Å². The molecule has 27 heavy (non-hydrogen) atoms. The Morgan fingerprint density at radius 2 is 1.78 bits per heavy atom. The summed E-state index contributed by atoms with van der Waals surface area (Å²) >= 11 is 5.90. The van der Waals surface area contributed by atoms with Gasteiger partial charge >= 0.3 is 5.97 Å². The van der Waals surface area contributed by atoms with Gasteiger partial charge in [-0.2, -0.15) is 0 Å². The van der Waals surface area contributed by atoms with Gasteiger partial charge in [0.2, 0.25) is 5.78 Å². The van der Waals surface area contributed by atoms with Gasteiger partial charge < -0.3 is 9.30 Å². The van der Waals surface area contributed by atoms with Gasteiger partial charge in [-0.25, -0.2) is 0 Å². The lowest BCUT2D eigenvalue weighted by atomic mass is 10.1. The van der Waals surface area contributed by atoms with Gasteiger partial charge in [0.1, 0.15) is 0 Å². The summed E-state index contributed by atoms with van der Waals surface area (Å²) in [5.41, 5.74) is 2.71. The molecule has 0 saturated carbocycles. The lowest BCUT2D eigenvalue weighted by molar-refractivity contribution is -0.156. The van der Waals surface area contributed by atoms with Crippen LogP contribution >= 0.6 is 11.6 Å². The van der Waals surface area contributed by atoms with E-state index in [-0.39, 0.29) is 24.4 Å². The predicted octanol–water partition coefficient (Wildman–Crippen LogP) is 3.99. The number of aromatic nitrogens is 1. The van der Waals surface area contributed by atoms with Crippen LogP contribution in [0, 0.1) is 6.92 Å². The number of nitrogens with zero attached hydrogens (tertiary/aromatic N) is 2. The SMILES string of the molecule is CCN(CC)C(C)OC(=O)Cc1cc(C)c(C(=O)c2ccc(Cl)cc2)n1C. The number of benzene rings is 1. The molecule has 5 nitrogen and oxygen atoms in total. The molecule has 0 bridgehead atoms. The summed E-state index contributed by atoms with van der Waals surface area (Å²) in [4.78, 5) is 27.3. The Labute approximate surface area is 165 Å². The number of hydrogen-bond acceptors (Lipinski definition) is 4. The summed E-state index contributed by atoms with van der Waals surface area (Å²) in [5.74, 6) is -0.400. The molecule has 6 heteroatoms. The molecule has 0 amide bonds. The van der Waals surface area contributed by atoms with E-state index in [0.29, 0.717) is 16.3 Å². The van der Waals surface area contributed by atoms with Gasteiger partial charge in [-0.05, 0) is 62.8 Å². The highest BCUT2D eigenvalue weighted by Crippen LogP contribution is 2.20. The number of hydrogen-bond donors (Lipinski definition) is 0. The molecule has 1 unspecified atom stereocenters. The van der Waals surface area contributed by atoms with Crippen LogP contribution < -0.4 is 0 Å². The molecule has 0 aliphatic carbocycles. The van der Waals surface area contributed by atoms with Crippen LogP contribution in [0.5, 0.6) is 0 Å². The van der Waals surface area contributed by atoms with Gasteiger partial charge in [0.25, 0.3) is 0 Å². The first-order valence-electron chi connectivity index (χ1n) is 9.17. The van der Waals surface area contributed by atoms with Gasteiger partial charge in [-0.1, -0.05) is 25.4 Å². The average molecular weight is 391 g/mol. The van der Waals surface area contributed by atoms with E-state index in [1.807, 2.05) is 33.8 Å². The summed E-state index contributed by atoms with van der Waals surface area (Å²) in [5, 5.41) is 0.584. The Bertz CT molecular complexity index is 808. The molecule has 1 heterocycles. The molecule has 0 aliphatic rings. The molecule has 0 fully saturated rings. The smallest absolute Gasteiger partial charge is 0.313 e. The maximum atomic E-state index is 12.9. The topological polar surface area (TPSA) is 51.5 Å². The zero-order valence-electron chi connectivity index (χ0n) is 16.6. The van der Waals surface area contributed by atoms with E-state index in [1.165, 1.54) is 0 Å². The lowest BCUT2D eigenvalue weighted by Crippen LogP contribution is -2.36. The summed E-state index contributed by atoms with van der Waals surface area (Å²) < 4.78 is 7.31. The van der Waals surface area contributed by atoms with Crippen molar-refractivity contribution in [1.82, 2.24) is 9.47 Å². The van der Waals surface area contributed by atoms with Crippen LogP contribution in [0.1, 0.15) is 48.1 Å². The minimum atomic E-state index is -0.305. The fourth-order valence-electron chi connectivity index (χ4n) is 3.25. The number of ether oxygens (including phenoxy) is 1. The van der Waals surface area contributed by atoms with Crippen LogP contribution in [0.15, 0.2) is 30.3 Å². The van der Waals surface area contributed by atoms with E-state index in [4.69, 9.17) is 16.3 Å². The Balaban J connectivity index is 2.16. The van der Waals surface area contributed by atoms with Crippen LogP contribution in [0.25, 0.3) is 0 Å². The van der Waals surface area contributed by atoms with E-state index in [9.17, 15) is 9.59 Å². The highest BCUT2D eigenvalue weighted by Gasteiger charge is 2.21. The van der Waals surface area contributed by atoms with Gasteiger partial charge in [-0.15, -0.1) is 0 Å².